The molecule has 1 spiro atoms. The van der Waals surface area contributed by atoms with Crippen molar-refractivity contribution in [2.75, 3.05) is 6.54 Å². The van der Waals surface area contributed by atoms with Gasteiger partial charge in [0.25, 0.3) is 0 Å². The van der Waals surface area contributed by atoms with Crippen molar-refractivity contribution < 1.29 is 0 Å². The lowest BCUT2D eigenvalue weighted by molar-refractivity contribution is -0.0358. The van der Waals surface area contributed by atoms with Crippen LogP contribution in [0.1, 0.15) is 44.9 Å². The number of hydrogen-bond donors (Lipinski definition) is 0. The van der Waals surface area contributed by atoms with Gasteiger partial charge in [-0.1, -0.05) is 6.08 Å². The van der Waals surface area contributed by atoms with Crippen LogP contribution in [0.5, 0.6) is 0 Å². The van der Waals surface area contributed by atoms with Crippen LogP contribution < -0.4 is 0 Å². The minimum absolute atomic E-state index is 0.637. The monoisotopic (exact) mass is 191 g/mol. The van der Waals surface area contributed by atoms with Crippen molar-refractivity contribution in [1.82, 2.24) is 4.90 Å². The number of hydrogen-bond acceptors (Lipinski definition) is 1. The Balaban J connectivity index is 1.76. The molecule has 3 aliphatic rings. The second kappa shape index (κ2) is 3.10. The van der Waals surface area contributed by atoms with Gasteiger partial charge in [0, 0.05) is 11.6 Å². The molecule has 3 fully saturated rings. The van der Waals surface area contributed by atoms with E-state index in [1.165, 1.54) is 51.5 Å². The maximum Gasteiger partial charge on any atom is 0.0218 e. The van der Waals surface area contributed by atoms with Gasteiger partial charge in [-0.3, -0.25) is 4.90 Å². The molecule has 78 valence electrons. The third-order valence-electron chi connectivity index (χ3n) is 4.60. The SMILES string of the molecule is C=C[C@H]1CCN(C2CC2)C2(CCC2)C1. The Morgan fingerprint density at radius 1 is 1.21 bits per heavy atom. The highest BCUT2D eigenvalue weighted by Gasteiger charge is 2.50. The average molecular weight is 191 g/mol. The molecule has 0 N–H and O–H groups in total. The van der Waals surface area contributed by atoms with Gasteiger partial charge in [-0.15, -0.1) is 6.58 Å². The van der Waals surface area contributed by atoms with Crippen LogP contribution >= 0.6 is 0 Å². The molecule has 1 heterocycles. The molecule has 14 heavy (non-hydrogen) atoms. The highest BCUT2D eigenvalue weighted by Crippen LogP contribution is 2.50. The van der Waals surface area contributed by atoms with Crippen LogP contribution in [0.2, 0.25) is 0 Å². The first-order valence-corrected chi connectivity index (χ1v) is 6.23. The zero-order valence-electron chi connectivity index (χ0n) is 9.04. The Morgan fingerprint density at radius 3 is 2.50 bits per heavy atom. The van der Waals surface area contributed by atoms with Gasteiger partial charge in [0.05, 0.1) is 0 Å². The molecule has 1 saturated heterocycles. The van der Waals surface area contributed by atoms with Crippen molar-refractivity contribution in [3.63, 3.8) is 0 Å². The molecule has 1 aliphatic heterocycles. The Labute approximate surface area is 87.2 Å². The molecule has 0 aromatic heterocycles. The highest BCUT2D eigenvalue weighted by atomic mass is 15.3. The molecular formula is C13H21N. The summed E-state index contributed by atoms with van der Waals surface area (Å²) in [5.41, 5.74) is 0.637. The van der Waals surface area contributed by atoms with E-state index in [9.17, 15) is 0 Å². The Morgan fingerprint density at radius 2 is 2.00 bits per heavy atom. The van der Waals surface area contributed by atoms with Gasteiger partial charge in [-0.2, -0.15) is 0 Å². The van der Waals surface area contributed by atoms with Gasteiger partial charge < -0.3 is 0 Å². The molecule has 0 unspecified atom stereocenters. The van der Waals surface area contributed by atoms with E-state index in [1.807, 2.05) is 0 Å². The van der Waals surface area contributed by atoms with Gasteiger partial charge in [0.15, 0.2) is 0 Å². The average Bonchev–Trinajstić information content (AvgIpc) is 2.97. The predicted octanol–water partition coefficient (Wildman–Crippen LogP) is 2.97. The molecule has 1 heteroatoms. The maximum atomic E-state index is 3.98. The van der Waals surface area contributed by atoms with E-state index in [2.05, 4.69) is 17.6 Å². The molecule has 1 nitrogen and oxygen atoms in total. The fourth-order valence-corrected chi connectivity index (χ4v) is 3.48. The number of allylic oxidation sites excluding steroid dienone is 1. The van der Waals surface area contributed by atoms with Crippen LogP contribution in [0, 0.1) is 5.92 Å². The number of likely N-dealkylation sites (tertiary alicyclic amines) is 1. The first-order valence-electron chi connectivity index (χ1n) is 6.23. The lowest BCUT2D eigenvalue weighted by Gasteiger charge is -2.55. The fourth-order valence-electron chi connectivity index (χ4n) is 3.48. The van der Waals surface area contributed by atoms with Crippen LogP contribution in [0.25, 0.3) is 0 Å². The van der Waals surface area contributed by atoms with Gasteiger partial charge in [0.1, 0.15) is 0 Å². The smallest absolute Gasteiger partial charge is 0.0218 e. The molecule has 2 saturated carbocycles. The number of piperidine rings is 1. The van der Waals surface area contributed by atoms with Gasteiger partial charge >= 0.3 is 0 Å². The maximum absolute atomic E-state index is 3.98. The van der Waals surface area contributed by atoms with Crippen molar-refractivity contribution in [3.8, 4) is 0 Å². The zero-order valence-corrected chi connectivity index (χ0v) is 9.04. The van der Waals surface area contributed by atoms with Crippen LogP contribution in [-0.4, -0.2) is 23.0 Å². The summed E-state index contributed by atoms with van der Waals surface area (Å²) in [5.74, 6) is 0.810. The van der Waals surface area contributed by atoms with Crippen LogP contribution in [0.4, 0.5) is 0 Å². The molecule has 3 rings (SSSR count). The Hall–Kier alpha value is -0.300. The van der Waals surface area contributed by atoms with Gasteiger partial charge in [0.2, 0.25) is 0 Å². The van der Waals surface area contributed by atoms with Crippen LogP contribution in [0.15, 0.2) is 12.7 Å². The van der Waals surface area contributed by atoms with E-state index < -0.39 is 0 Å². The summed E-state index contributed by atoms with van der Waals surface area (Å²) in [6.45, 7) is 5.32. The predicted molar refractivity (Wildman–Crippen MR) is 59.2 cm³/mol. The normalized spacial score (nSPS) is 36.7. The fraction of sp³-hybridized carbons (Fsp3) is 0.846. The van der Waals surface area contributed by atoms with Crippen LogP contribution in [0.3, 0.4) is 0 Å². The first kappa shape index (κ1) is 8.96. The minimum Gasteiger partial charge on any atom is -0.295 e. The summed E-state index contributed by atoms with van der Waals surface area (Å²) in [6, 6.07) is 0.973. The summed E-state index contributed by atoms with van der Waals surface area (Å²) >= 11 is 0. The largest absolute Gasteiger partial charge is 0.295 e. The van der Waals surface area contributed by atoms with Crippen LogP contribution in [-0.2, 0) is 0 Å². The summed E-state index contributed by atoms with van der Waals surface area (Å²) in [4.78, 5) is 2.86. The minimum atomic E-state index is 0.637. The first-order chi connectivity index (χ1) is 6.84. The second-order valence-corrected chi connectivity index (χ2v) is 5.49. The molecule has 0 bridgehead atoms. The standard InChI is InChI=1S/C13H21N/c1-2-11-6-9-14(12-4-5-12)13(10-11)7-3-8-13/h2,11-12H,1,3-10H2/t11-/m0/s1. The third kappa shape index (κ3) is 1.25. The van der Waals surface area contributed by atoms with Crippen molar-refractivity contribution in [3.05, 3.63) is 12.7 Å². The lowest BCUT2D eigenvalue weighted by atomic mass is 9.67. The van der Waals surface area contributed by atoms with E-state index in [1.54, 1.807) is 0 Å². The van der Waals surface area contributed by atoms with Gasteiger partial charge in [-0.25, -0.2) is 0 Å². The lowest BCUT2D eigenvalue weighted by Crippen LogP contribution is -2.58. The van der Waals surface area contributed by atoms with Crippen molar-refractivity contribution in [2.45, 2.75) is 56.5 Å². The molecule has 0 aromatic rings. The molecule has 0 radical (unpaired) electrons. The molecule has 0 aromatic carbocycles. The molecule has 1 atom stereocenters. The quantitative estimate of drug-likeness (QED) is 0.607. The summed E-state index contributed by atoms with van der Waals surface area (Å²) in [5, 5.41) is 0. The third-order valence-corrected chi connectivity index (χ3v) is 4.60. The molecular weight excluding hydrogens is 170 g/mol. The Bertz CT molecular complexity index is 238. The number of nitrogens with zero attached hydrogens (tertiary/aromatic N) is 1. The Kier molecular flexibility index (Phi) is 1.98. The molecule has 0 amide bonds. The summed E-state index contributed by atoms with van der Waals surface area (Å²) < 4.78 is 0. The highest BCUT2D eigenvalue weighted by molar-refractivity contribution is 5.08. The second-order valence-electron chi connectivity index (χ2n) is 5.49. The number of rotatable bonds is 2. The van der Waals surface area contributed by atoms with E-state index in [0.29, 0.717) is 5.54 Å². The van der Waals surface area contributed by atoms with E-state index in [0.717, 1.165) is 12.0 Å². The van der Waals surface area contributed by atoms with Crippen molar-refractivity contribution in [1.29, 1.82) is 0 Å². The van der Waals surface area contributed by atoms with E-state index in [-0.39, 0.29) is 0 Å². The van der Waals surface area contributed by atoms with Crippen molar-refractivity contribution >= 4 is 0 Å². The topological polar surface area (TPSA) is 3.24 Å². The van der Waals surface area contributed by atoms with E-state index >= 15 is 0 Å². The summed E-state index contributed by atoms with van der Waals surface area (Å²) in [7, 11) is 0. The molecule has 2 aliphatic carbocycles. The zero-order chi connectivity index (χ0) is 9.60. The van der Waals surface area contributed by atoms with E-state index in [4.69, 9.17) is 0 Å². The summed E-state index contributed by atoms with van der Waals surface area (Å²) in [6.07, 6.45) is 12.3. The van der Waals surface area contributed by atoms with Crippen molar-refractivity contribution in [2.24, 2.45) is 5.92 Å². The van der Waals surface area contributed by atoms with Gasteiger partial charge in [-0.05, 0) is 57.4 Å².